The monoisotopic (exact) mass is 271 g/mol. The van der Waals surface area contributed by atoms with E-state index in [9.17, 15) is 4.79 Å². The lowest BCUT2D eigenvalue weighted by Crippen LogP contribution is -2.17. The molecule has 1 rings (SSSR count). The van der Waals surface area contributed by atoms with Gasteiger partial charge in [-0.05, 0) is 19.8 Å². The minimum absolute atomic E-state index is 0.0475. The second kappa shape index (κ2) is 6.59. The van der Waals surface area contributed by atoms with Crippen molar-refractivity contribution in [3.8, 4) is 5.75 Å². The summed E-state index contributed by atoms with van der Waals surface area (Å²) in [5.41, 5.74) is 0.894. The van der Waals surface area contributed by atoms with Crippen molar-refractivity contribution >= 4 is 17.6 Å². The van der Waals surface area contributed by atoms with Gasteiger partial charge in [0.25, 0.3) is 0 Å². The second-order valence-electron chi connectivity index (χ2n) is 3.98. The summed E-state index contributed by atoms with van der Waals surface area (Å²) in [7, 11) is 1.30. The lowest BCUT2D eigenvalue weighted by Gasteiger charge is -2.18. The van der Waals surface area contributed by atoms with Crippen LogP contribution in [0, 0.1) is 6.92 Å². The summed E-state index contributed by atoms with van der Waals surface area (Å²) in [6.07, 6.45) is 1.76. The van der Waals surface area contributed by atoms with E-state index < -0.39 is 5.97 Å². The highest BCUT2D eigenvalue weighted by molar-refractivity contribution is 6.32. The van der Waals surface area contributed by atoms with Crippen molar-refractivity contribution in [1.82, 2.24) is 4.98 Å². The molecule has 0 aromatic carbocycles. The minimum atomic E-state index is -0.534. The Morgan fingerprint density at radius 2 is 2.06 bits per heavy atom. The van der Waals surface area contributed by atoms with Gasteiger partial charge >= 0.3 is 5.97 Å². The summed E-state index contributed by atoms with van der Waals surface area (Å²) in [5.74, 6) is -0.0958. The van der Waals surface area contributed by atoms with Crippen LogP contribution in [0.2, 0.25) is 5.15 Å². The molecular weight excluding hydrogens is 254 g/mol. The van der Waals surface area contributed by atoms with Crippen LogP contribution in [-0.2, 0) is 4.74 Å². The van der Waals surface area contributed by atoms with Crippen LogP contribution in [0.5, 0.6) is 5.75 Å². The van der Waals surface area contributed by atoms with Gasteiger partial charge in [-0.15, -0.1) is 0 Å². The average molecular weight is 272 g/mol. The van der Waals surface area contributed by atoms with E-state index >= 15 is 0 Å². The SMILES string of the molecule is CCC(CC)Oc1cc(C)nc(Cl)c1C(=O)OC. The molecule has 0 saturated heterocycles. The van der Waals surface area contributed by atoms with E-state index in [1.807, 2.05) is 13.8 Å². The summed E-state index contributed by atoms with van der Waals surface area (Å²) in [5, 5.41) is 0.114. The molecule has 0 spiro atoms. The molecule has 0 atom stereocenters. The van der Waals surface area contributed by atoms with Crippen LogP contribution in [0.3, 0.4) is 0 Å². The van der Waals surface area contributed by atoms with Crippen molar-refractivity contribution in [2.75, 3.05) is 7.11 Å². The van der Waals surface area contributed by atoms with Gasteiger partial charge in [-0.25, -0.2) is 9.78 Å². The molecule has 4 nitrogen and oxygen atoms in total. The molecule has 1 aromatic heterocycles. The Hall–Kier alpha value is -1.29. The van der Waals surface area contributed by atoms with Crippen molar-refractivity contribution in [2.45, 2.75) is 39.7 Å². The van der Waals surface area contributed by atoms with E-state index in [1.165, 1.54) is 7.11 Å². The second-order valence-corrected chi connectivity index (χ2v) is 4.33. The fourth-order valence-corrected chi connectivity index (χ4v) is 1.92. The Kier molecular flexibility index (Phi) is 5.41. The Balaban J connectivity index is 3.18. The predicted molar refractivity (Wildman–Crippen MR) is 70.3 cm³/mol. The molecule has 0 fully saturated rings. The van der Waals surface area contributed by atoms with Crippen molar-refractivity contribution in [2.24, 2.45) is 0 Å². The standard InChI is InChI=1S/C13H18ClNO3/c1-5-9(6-2)18-10-7-8(3)15-12(14)11(10)13(16)17-4/h7,9H,5-6H2,1-4H3. The number of ether oxygens (including phenoxy) is 2. The van der Waals surface area contributed by atoms with Gasteiger partial charge < -0.3 is 9.47 Å². The number of hydrogen-bond donors (Lipinski definition) is 0. The maximum atomic E-state index is 11.7. The molecule has 1 heterocycles. The molecule has 0 saturated carbocycles. The quantitative estimate of drug-likeness (QED) is 0.608. The zero-order valence-electron chi connectivity index (χ0n) is 11.1. The highest BCUT2D eigenvalue weighted by Crippen LogP contribution is 2.28. The lowest BCUT2D eigenvalue weighted by molar-refractivity contribution is 0.0592. The van der Waals surface area contributed by atoms with Gasteiger partial charge in [0.2, 0.25) is 0 Å². The van der Waals surface area contributed by atoms with Crippen LogP contribution in [0.1, 0.15) is 42.7 Å². The van der Waals surface area contributed by atoms with Crippen LogP contribution >= 0.6 is 11.6 Å². The summed E-state index contributed by atoms with van der Waals surface area (Å²) >= 11 is 5.99. The molecule has 0 amide bonds. The fourth-order valence-electron chi connectivity index (χ4n) is 1.62. The maximum absolute atomic E-state index is 11.7. The normalized spacial score (nSPS) is 10.6. The summed E-state index contributed by atoms with van der Waals surface area (Å²) < 4.78 is 10.5. The lowest BCUT2D eigenvalue weighted by atomic mass is 10.2. The third-order valence-electron chi connectivity index (χ3n) is 2.66. The van der Waals surface area contributed by atoms with Gasteiger partial charge in [0.1, 0.15) is 16.5 Å². The van der Waals surface area contributed by atoms with Crippen molar-refractivity contribution in [3.05, 3.63) is 22.5 Å². The van der Waals surface area contributed by atoms with Crippen LogP contribution in [0.4, 0.5) is 0 Å². The molecule has 0 N–H and O–H groups in total. The Morgan fingerprint density at radius 1 is 1.44 bits per heavy atom. The first-order chi connectivity index (χ1) is 8.53. The highest BCUT2D eigenvalue weighted by Gasteiger charge is 2.21. The van der Waals surface area contributed by atoms with Crippen LogP contribution in [0.15, 0.2) is 6.07 Å². The zero-order chi connectivity index (χ0) is 13.7. The summed E-state index contributed by atoms with van der Waals surface area (Å²) in [6.45, 7) is 5.86. The third kappa shape index (κ3) is 3.35. The molecule has 1 aromatic rings. The van der Waals surface area contributed by atoms with Gasteiger partial charge in [-0.1, -0.05) is 25.4 Å². The molecule has 0 aliphatic rings. The fraction of sp³-hybridized carbons (Fsp3) is 0.538. The molecule has 0 aliphatic heterocycles. The molecule has 5 heteroatoms. The number of rotatable bonds is 5. The molecule has 18 heavy (non-hydrogen) atoms. The third-order valence-corrected chi connectivity index (χ3v) is 2.93. The number of esters is 1. The number of nitrogens with zero attached hydrogens (tertiary/aromatic N) is 1. The number of halogens is 1. The van der Waals surface area contributed by atoms with Crippen LogP contribution in [0.25, 0.3) is 0 Å². The Labute approximate surface area is 112 Å². The van der Waals surface area contributed by atoms with E-state index in [4.69, 9.17) is 21.1 Å². The topological polar surface area (TPSA) is 48.4 Å². The number of hydrogen-bond acceptors (Lipinski definition) is 4. The first kappa shape index (κ1) is 14.8. The van der Waals surface area contributed by atoms with Crippen molar-refractivity contribution in [1.29, 1.82) is 0 Å². The predicted octanol–water partition coefficient (Wildman–Crippen LogP) is 3.40. The number of aryl methyl sites for hydroxylation is 1. The largest absolute Gasteiger partial charge is 0.489 e. The van der Waals surface area contributed by atoms with Crippen molar-refractivity contribution < 1.29 is 14.3 Å². The first-order valence-corrected chi connectivity index (χ1v) is 6.33. The molecule has 0 bridgehead atoms. The van der Waals surface area contributed by atoms with Crippen LogP contribution in [-0.4, -0.2) is 24.2 Å². The molecule has 0 unspecified atom stereocenters. The van der Waals surface area contributed by atoms with Gasteiger partial charge in [-0.2, -0.15) is 0 Å². The number of pyridine rings is 1. The highest BCUT2D eigenvalue weighted by atomic mass is 35.5. The van der Waals surface area contributed by atoms with E-state index in [0.717, 1.165) is 12.8 Å². The van der Waals surface area contributed by atoms with E-state index in [0.29, 0.717) is 11.4 Å². The van der Waals surface area contributed by atoms with Crippen LogP contribution < -0.4 is 4.74 Å². The summed E-state index contributed by atoms with van der Waals surface area (Å²) in [6, 6.07) is 1.70. The maximum Gasteiger partial charge on any atom is 0.344 e. The number of aromatic nitrogens is 1. The van der Waals surface area contributed by atoms with Crippen molar-refractivity contribution in [3.63, 3.8) is 0 Å². The number of carbonyl (C=O) groups is 1. The van der Waals surface area contributed by atoms with Gasteiger partial charge in [0.05, 0.1) is 13.2 Å². The first-order valence-electron chi connectivity index (χ1n) is 5.95. The number of methoxy groups -OCH3 is 1. The van der Waals surface area contributed by atoms with Gasteiger partial charge in [-0.3, -0.25) is 0 Å². The Bertz CT molecular complexity index is 430. The van der Waals surface area contributed by atoms with Gasteiger partial charge in [0, 0.05) is 11.8 Å². The molecule has 100 valence electrons. The number of carbonyl (C=O) groups excluding carboxylic acids is 1. The average Bonchev–Trinajstić information content (AvgIpc) is 2.34. The smallest absolute Gasteiger partial charge is 0.344 e. The molecule has 0 aliphatic carbocycles. The van der Waals surface area contributed by atoms with E-state index in [2.05, 4.69) is 4.98 Å². The van der Waals surface area contributed by atoms with E-state index in [-0.39, 0.29) is 16.8 Å². The van der Waals surface area contributed by atoms with E-state index in [1.54, 1.807) is 13.0 Å². The van der Waals surface area contributed by atoms with Gasteiger partial charge in [0.15, 0.2) is 0 Å². The molecular formula is C13H18ClNO3. The Morgan fingerprint density at radius 3 is 2.56 bits per heavy atom. The molecule has 0 radical (unpaired) electrons. The minimum Gasteiger partial charge on any atom is -0.489 e. The summed E-state index contributed by atoms with van der Waals surface area (Å²) in [4.78, 5) is 15.7. The zero-order valence-corrected chi connectivity index (χ0v) is 11.9.